The number of rotatable bonds is 2. The Morgan fingerprint density at radius 2 is 2.47 bits per heavy atom. The Bertz CT molecular complexity index is 517. The van der Waals surface area contributed by atoms with E-state index in [1.165, 1.54) is 0 Å². The highest BCUT2D eigenvalue weighted by Crippen LogP contribution is 2.13. The minimum Gasteiger partial charge on any atom is -0.347 e. The van der Waals surface area contributed by atoms with Crippen LogP contribution in [0.15, 0.2) is 18.6 Å². The Morgan fingerprint density at radius 3 is 3.29 bits per heavy atom. The molecule has 88 valence electrons. The minimum absolute atomic E-state index is 0.0806. The number of hydrogen-bond donors (Lipinski definition) is 4. The molecule has 1 amide bonds. The molecule has 0 spiro atoms. The van der Waals surface area contributed by atoms with Gasteiger partial charge in [0, 0.05) is 19.0 Å². The van der Waals surface area contributed by atoms with Crippen molar-refractivity contribution < 1.29 is 4.79 Å². The lowest BCUT2D eigenvalue weighted by Gasteiger charge is -2.21. The lowest BCUT2D eigenvalue weighted by atomic mass is 10.0. The van der Waals surface area contributed by atoms with Crippen LogP contribution in [0, 0.1) is 0 Å². The number of H-pyrrole nitrogens is 2. The van der Waals surface area contributed by atoms with Gasteiger partial charge in [-0.05, 0) is 0 Å². The summed E-state index contributed by atoms with van der Waals surface area (Å²) in [5.41, 5.74) is 2.00. The Kier molecular flexibility index (Phi) is 2.37. The molecule has 2 aromatic heterocycles. The second-order valence-electron chi connectivity index (χ2n) is 3.92. The van der Waals surface area contributed by atoms with E-state index in [0.717, 1.165) is 11.4 Å². The first-order chi connectivity index (χ1) is 8.33. The van der Waals surface area contributed by atoms with Gasteiger partial charge in [0.2, 0.25) is 5.91 Å². The quantitative estimate of drug-likeness (QED) is 0.575. The van der Waals surface area contributed by atoms with Gasteiger partial charge in [0.1, 0.15) is 5.82 Å². The number of imidazole rings is 1. The minimum atomic E-state index is -0.255. The predicted octanol–water partition coefficient (Wildman–Crippen LogP) is -0.214. The van der Waals surface area contributed by atoms with E-state index in [1.807, 2.05) is 0 Å². The average molecular weight is 232 g/mol. The van der Waals surface area contributed by atoms with Crippen LogP contribution < -0.4 is 10.6 Å². The fraction of sp³-hybridized carbons (Fsp3) is 0.300. The molecular weight excluding hydrogens is 220 g/mol. The van der Waals surface area contributed by atoms with Crippen molar-refractivity contribution in [2.45, 2.75) is 19.0 Å². The molecule has 3 rings (SSSR count). The van der Waals surface area contributed by atoms with Crippen LogP contribution in [-0.2, 0) is 17.8 Å². The van der Waals surface area contributed by atoms with Crippen molar-refractivity contribution in [1.29, 1.82) is 0 Å². The second-order valence-corrected chi connectivity index (χ2v) is 3.92. The number of carbonyl (C=O) groups is 1. The molecular formula is C10H12N6O. The summed E-state index contributed by atoms with van der Waals surface area (Å²) in [6, 6.07) is 1.45. The van der Waals surface area contributed by atoms with E-state index in [1.54, 1.807) is 18.6 Å². The summed E-state index contributed by atoms with van der Waals surface area (Å²) < 4.78 is 0. The second kappa shape index (κ2) is 4.02. The van der Waals surface area contributed by atoms with Gasteiger partial charge in [-0.2, -0.15) is 5.10 Å². The fourth-order valence-electron chi connectivity index (χ4n) is 1.90. The number of hydrogen-bond acceptors (Lipinski definition) is 4. The van der Waals surface area contributed by atoms with E-state index in [0.29, 0.717) is 18.8 Å². The predicted molar refractivity (Wildman–Crippen MR) is 60.1 cm³/mol. The highest BCUT2D eigenvalue weighted by molar-refractivity contribution is 5.94. The molecule has 1 aliphatic heterocycles. The number of nitrogens with one attached hydrogen (secondary N) is 4. The van der Waals surface area contributed by atoms with Crippen LogP contribution >= 0.6 is 0 Å². The molecule has 4 N–H and O–H groups in total. The average Bonchev–Trinajstić information content (AvgIpc) is 2.97. The molecule has 0 aromatic carbocycles. The summed E-state index contributed by atoms with van der Waals surface area (Å²) >= 11 is 0. The fourth-order valence-corrected chi connectivity index (χ4v) is 1.90. The van der Waals surface area contributed by atoms with E-state index in [2.05, 4.69) is 30.8 Å². The van der Waals surface area contributed by atoms with E-state index < -0.39 is 0 Å². The molecule has 0 radical (unpaired) electrons. The molecule has 7 heteroatoms. The standard InChI is InChI=1S/C10H12N6O/c17-10(15-9-1-2-14-16-9)7-3-6-8(4-11-7)13-5-12-6/h1-2,5,7,11H,3-4H2,(H,12,13)(H2,14,15,16,17). The van der Waals surface area contributed by atoms with E-state index in [-0.39, 0.29) is 11.9 Å². The van der Waals surface area contributed by atoms with Crippen molar-refractivity contribution >= 4 is 11.7 Å². The molecule has 0 bridgehead atoms. The Balaban J connectivity index is 1.68. The van der Waals surface area contributed by atoms with Crippen LogP contribution in [0.3, 0.4) is 0 Å². The number of aromatic amines is 2. The van der Waals surface area contributed by atoms with Crippen LogP contribution in [0.4, 0.5) is 5.82 Å². The van der Waals surface area contributed by atoms with Gasteiger partial charge in [-0.15, -0.1) is 0 Å². The van der Waals surface area contributed by atoms with Gasteiger partial charge in [-0.3, -0.25) is 15.2 Å². The zero-order chi connectivity index (χ0) is 11.7. The molecule has 17 heavy (non-hydrogen) atoms. The molecule has 0 aliphatic carbocycles. The Morgan fingerprint density at radius 1 is 1.53 bits per heavy atom. The van der Waals surface area contributed by atoms with Crippen LogP contribution in [0.1, 0.15) is 11.4 Å². The maximum Gasteiger partial charge on any atom is 0.243 e. The molecule has 3 heterocycles. The molecule has 7 nitrogen and oxygen atoms in total. The third kappa shape index (κ3) is 1.92. The summed E-state index contributed by atoms with van der Waals surface area (Å²) in [6.07, 6.45) is 3.84. The Hall–Kier alpha value is -2.15. The SMILES string of the molecule is O=C(Nc1ccn[nH]1)C1Cc2nc[nH]c2CN1. The maximum absolute atomic E-state index is 11.9. The first-order valence-electron chi connectivity index (χ1n) is 5.37. The number of anilines is 1. The third-order valence-electron chi connectivity index (χ3n) is 2.81. The molecule has 0 saturated heterocycles. The summed E-state index contributed by atoms with van der Waals surface area (Å²) in [6.45, 7) is 0.635. The topological polar surface area (TPSA) is 98.5 Å². The van der Waals surface area contributed by atoms with Crippen LogP contribution in [0.2, 0.25) is 0 Å². The van der Waals surface area contributed by atoms with E-state index in [9.17, 15) is 4.79 Å². The number of carbonyl (C=O) groups excluding carboxylic acids is 1. The van der Waals surface area contributed by atoms with Crippen molar-refractivity contribution in [3.63, 3.8) is 0 Å². The van der Waals surface area contributed by atoms with Crippen LogP contribution in [-0.4, -0.2) is 32.1 Å². The summed E-state index contributed by atoms with van der Waals surface area (Å²) in [5, 5.41) is 12.4. The van der Waals surface area contributed by atoms with Gasteiger partial charge in [-0.1, -0.05) is 0 Å². The van der Waals surface area contributed by atoms with Crippen molar-refractivity contribution in [3.05, 3.63) is 30.0 Å². The summed E-state index contributed by atoms with van der Waals surface area (Å²) in [7, 11) is 0. The largest absolute Gasteiger partial charge is 0.347 e. The van der Waals surface area contributed by atoms with Crippen LogP contribution in [0.5, 0.6) is 0 Å². The third-order valence-corrected chi connectivity index (χ3v) is 2.81. The number of fused-ring (bicyclic) bond motifs is 1. The molecule has 1 unspecified atom stereocenters. The molecule has 1 aliphatic rings. The van der Waals surface area contributed by atoms with Gasteiger partial charge in [0.25, 0.3) is 0 Å². The van der Waals surface area contributed by atoms with Gasteiger partial charge in [-0.25, -0.2) is 4.98 Å². The molecule has 1 atom stereocenters. The number of aromatic nitrogens is 4. The number of nitrogens with zero attached hydrogens (tertiary/aromatic N) is 2. The van der Waals surface area contributed by atoms with Crippen molar-refractivity contribution in [3.8, 4) is 0 Å². The zero-order valence-corrected chi connectivity index (χ0v) is 9.03. The van der Waals surface area contributed by atoms with Crippen molar-refractivity contribution in [2.75, 3.05) is 5.32 Å². The van der Waals surface area contributed by atoms with Crippen molar-refractivity contribution in [2.24, 2.45) is 0 Å². The summed E-state index contributed by atoms with van der Waals surface area (Å²) in [4.78, 5) is 19.2. The zero-order valence-electron chi connectivity index (χ0n) is 9.03. The van der Waals surface area contributed by atoms with Gasteiger partial charge in [0.05, 0.1) is 30.0 Å². The first-order valence-corrected chi connectivity index (χ1v) is 5.37. The van der Waals surface area contributed by atoms with Crippen molar-refractivity contribution in [1.82, 2.24) is 25.5 Å². The highest BCUT2D eigenvalue weighted by atomic mass is 16.2. The van der Waals surface area contributed by atoms with Crippen LogP contribution in [0.25, 0.3) is 0 Å². The van der Waals surface area contributed by atoms with Gasteiger partial charge >= 0.3 is 0 Å². The van der Waals surface area contributed by atoms with E-state index in [4.69, 9.17) is 0 Å². The smallest absolute Gasteiger partial charge is 0.243 e. The number of amides is 1. The molecule has 2 aromatic rings. The van der Waals surface area contributed by atoms with Gasteiger partial charge in [0.15, 0.2) is 0 Å². The lowest BCUT2D eigenvalue weighted by Crippen LogP contribution is -2.44. The normalized spacial score (nSPS) is 18.7. The molecule has 0 saturated carbocycles. The summed E-state index contributed by atoms with van der Waals surface area (Å²) in [5.74, 6) is 0.521. The Labute approximate surface area is 97.0 Å². The van der Waals surface area contributed by atoms with Gasteiger partial charge < -0.3 is 10.3 Å². The first kappa shape index (κ1) is 10.0. The monoisotopic (exact) mass is 232 g/mol. The maximum atomic E-state index is 11.9. The lowest BCUT2D eigenvalue weighted by molar-refractivity contribution is -0.118. The molecule has 0 fully saturated rings. The van der Waals surface area contributed by atoms with E-state index >= 15 is 0 Å². The highest BCUT2D eigenvalue weighted by Gasteiger charge is 2.25.